The van der Waals surface area contributed by atoms with Crippen molar-refractivity contribution in [2.75, 3.05) is 39.6 Å². The molecule has 2 unspecified atom stereocenters. The molecule has 19 heteroatoms. The van der Waals surface area contributed by atoms with Crippen LogP contribution in [0.2, 0.25) is 0 Å². The van der Waals surface area contributed by atoms with Crippen molar-refractivity contribution in [1.29, 1.82) is 0 Å². The Morgan fingerprint density at radius 3 is 0.829 bits per heavy atom. The number of carbonyl (C=O) groups excluding carboxylic acids is 4. The molecular weight excluding hydrogens is 1090 g/mol. The number of hydrogen-bond acceptors (Lipinski definition) is 15. The van der Waals surface area contributed by atoms with Gasteiger partial charge in [0.25, 0.3) is 0 Å². The minimum atomic E-state index is -4.94. The van der Waals surface area contributed by atoms with Crippen LogP contribution in [0.3, 0.4) is 0 Å². The lowest BCUT2D eigenvalue weighted by atomic mass is 10.0. The third-order valence-corrected chi connectivity index (χ3v) is 16.4. The van der Waals surface area contributed by atoms with Gasteiger partial charge in [0.2, 0.25) is 0 Å². The van der Waals surface area contributed by atoms with E-state index in [1.807, 2.05) is 0 Å². The van der Waals surface area contributed by atoms with Crippen LogP contribution in [0.4, 0.5) is 0 Å². The largest absolute Gasteiger partial charge is 0.472 e. The first-order chi connectivity index (χ1) is 39.4. The van der Waals surface area contributed by atoms with Crippen LogP contribution in [0.1, 0.15) is 311 Å². The highest BCUT2D eigenvalue weighted by Crippen LogP contribution is 2.45. The smallest absolute Gasteiger partial charge is 0.462 e. The van der Waals surface area contributed by atoms with E-state index >= 15 is 0 Å². The van der Waals surface area contributed by atoms with Gasteiger partial charge in [-0.3, -0.25) is 37.3 Å². The molecule has 0 saturated heterocycles. The number of aliphatic hydroxyl groups is 1. The molecule has 0 saturated carbocycles. The number of phosphoric acid groups is 2. The van der Waals surface area contributed by atoms with Crippen LogP contribution in [0, 0.1) is 11.8 Å². The summed E-state index contributed by atoms with van der Waals surface area (Å²) in [7, 11) is -9.88. The topological polar surface area (TPSA) is 237 Å². The highest BCUT2D eigenvalue weighted by Gasteiger charge is 2.30. The van der Waals surface area contributed by atoms with Crippen molar-refractivity contribution in [2.45, 2.75) is 330 Å². The van der Waals surface area contributed by atoms with Crippen LogP contribution in [-0.2, 0) is 65.4 Å². The van der Waals surface area contributed by atoms with E-state index in [1.165, 1.54) is 122 Å². The van der Waals surface area contributed by atoms with E-state index in [1.54, 1.807) is 0 Å². The summed E-state index contributed by atoms with van der Waals surface area (Å²) in [6.07, 6.45) is 37.9. The quantitative estimate of drug-likeness (QED) is 0.0222. The Labute approximate surface area is 498 Å². The van der Waals surface area contributed by atoms with Gasteiger partial charge in [-0.05, 0) is 37.5 Å². The minimum Gasteiger partial charge on any atom is -0.462 e. The second-order valence-corrected chi connectivity index (χ2v) is 26.7. The zero-order valence-electron chi connectivity index (χ0n) is 52.8. The normalized spacial score (nSPS) is 14.3. The van der Waals surface area contributed by atoms with E-state index in [2.05, 4.69) is 41.5 Å². The van der Waals surface area contributed by atoms with Gasteiger partial charge >= 0.3 is 39.5 Å². The Balaban J connectivity index is 5.18. The molecule has 0 fully saturated rings. The Morgan fingerprint density at radius 1 is 0.329 bits per heavy atom. The Bertz CT molecular complexity index is 1620. The van der Waals surface area contributed by atoms with Gasteiger partial charge in [-0.25, -0.2) is 9.13 Å². The summed E-state index contributed by atoms with van der Waals surface area (Å²) in [4.78, 5) is 71.9. The fourth-order valence-corrected chi connectivity index (χ4v) is 10.9. The van der Waals surface area contributed by atoms with Gasteiger partial charge < -0.3 is 33.8 Å². The number of aliphatic hydroxyl groups excluding tert-OH is 1. The van der Waals surface area contributed by atoms with E-state index in [-0.39, 0.29) is 25.7 Å². The lowest BCUT2D eigenvalue weighted by molar-refractivity contribution is -0.161. The molecular formula is C63H122O17P2. The fourth-order valence-electron chi connectivity index (χ4n) is 9.35. The number of hydrogen-bond donors (Lipinski definition) is 3. The highest BCUT2D eigenvalue weighted by molar-refractivity contribution is 7.47. The maximum atomic E-state index is 13.0. The van der Waals surface area contributed by atoms with E-state index < -0.39 is 97.5 Å². The lowest BCUT2D eigenvalue weighted by Crippen LogP contribution is -2.30. The number of rotatable bonds is 62. The molecule has 0 radical (unpaired) electrons. The first-order valence-corrected chi connectivity index (χ1v) is 36.0. The second kappa shape index (κ2) is 55.6. The first-order valence-electron chi connectivity index (χ1n) is 33.0. The average molecular weight is 1210 g/mol. The molecule has 0 bridgehead atoms. The summed E-state index contributed by atoms with van der Waals surface area (Å²) in [5.74, 6) is -0.683. The van der Waals surface area contributed by atoms with Crippen molar-refractivity contribution in [3.63, 3.8) is 0 Å². The average Bonchev–Trinajstić information content (AvgIpc) is 3.45. The van der Waals surface area contributed by atoms with E-state index in [9.17, 15) is 43.2 Å². The van der Waals surface area contributed by atoms with Crippen molar-refractivity contribution in [3.05, 3.63) is 0 Å². The number of carbonyl (C=O) groups is 4. The summed E-state index contributed by atoms with van der Waals surface area (Å²) in [6.45, 7) is 9.34. The molecule has 0 amide bonds. The molecule has 0 aromatic heterocycles. The summed E-state index contributed by atoms with van der Waals surface area (Å²) in [6, 6.07) is 0. The molecule has 0 aliphatic rings. The molecule has 486 valence electrons. The van der Waals surface area contributed by atoms with Crippen LogP contribution in [0.25, 0.3) is 0 Å². The standard InChI is InChI=1S/C63H122O17P2/c1-7-9-11-13-14-15-16-17-18-19-22-29-35-41-47-62(67)80-59(52-74-61(66)46-40-34-28-23-20-21-26-32-37-43-55(3)4)54-78-82(71,72)76-50-57(64)49-75-81(69,70)77-53-58(51-73-60(65)45-39-31-12-10-8-2)79-63(68)48-42-36-30-25-24-27-33-38-44-56(5)6/h55-59,64H,7-54H2,1-6H3,(H,69,70)(H,71,72)/t57-,58+,59+/m0/s1. The van der Waals surface area contributed by atoms with Crippen LogP contribution in [0.15, 0.2) is 0 Å². The zero-order valence-corrected chi connectivity index (χ0v) is 54.6. The Hall–Kier alpha value is -1.94. The molecule has 0 heterocycles. The molecule has 0 spiro atoms. The Kier molecular flexibility index (Phi) is 54.3. The summed E-state index contributed by atoms with van der Waals surface area (Å²) < 4.78 is 67.8. The maximum absolute atomic E-state index is 13.0. The number of unbranched alkanes of at least 4 members (excludes halogenated alkanes) is 32. The van der Waals surface area contributed by atoms with Gasteiger partial charge in [0, 0.05) is 25.7 Å². The predicted octanol–water partition coefficient (Wildman–Crippen LogP) is 17.3. The molecule has 0 aromatic carbocycles. The summed E-state index contributed by atoms with van der Waals surface area (Å²) in [5.41, 5.74) is 0. The summed E-state index contributed by atoms with van der Waals surface area (Å²) in [5, 5.41) is 10.5. The molecule has 17 nitrogen and oxygen atoms in total. The highest BCUT2D eigenvalue weighted by atomic mass is 31.2. The van der Waals surface area contributed by atoms with E-state index in [4.69, 9.17) is 37.0 Å². The lowest BCUT2D eigenvalue weighted by Gasteiger charge is -2.21. The monoisotopic (exact) mass is 1210 g/mol. The fraction of sp³-hybridized carbons (Fsp3) is 0.937. The van der Waals surface area contributed by atoms with E-state index in [0.29, 0.717) is 25.7 Å². The molecule has 3 N–H and O–H groups in total. The van der Waals surface area contributed by atoms with Crippen molar-refractivity contribution in [2.24, 2.45) is 11.8 Å². The van der Waals surface area contributed by atoms with Crippen LogP contribution in [0.5, 0.6) is 0 Å². The Morgan fingerprint density at radius 2 is 0.561 bits per heavy atom. The van der Waals surface area contributed by atoms with Gasteiger partial charge in [-0.1, -0.05) is 260 Å². The third kappa shape index (κ3) is 57.2. The molecule has 5 atom stereocenters. The maximum Gasteiger partial charge on any atom is 0.472 e. The number of esters is 4. The molecule has 0 aliphatic heterocycles. The van der Waals surface area contributed by atoms with Crippen LogP contribution < -0.4 is 0 Å². The molecule has 0 aliphatic carbocycles. The van der Waals surface area contributed by atoms with E-state index in [0.717, 1.165) is 108 Å². The minimum absolute atomic E-state index is 0.103. The number of ether oxygens (including phenoxy) is 4. The first kappa shape index (κ1) is 80.1. The number of phosphoric ester groups is 2. The predicted molar refractivity (Wildman–Crippen MR) is 326 cm³/mol. The van der Waals surface area contributed by atoms with Gasteiger partial charge in [0.1, 0.15) is 19.3 Å². The van der Waals surface area contributed by atoms with Gasteiger partial charge in [0.15, 0.2) is 12.2 Å². The van der Waals surface area contributed by atoms with Crippen LogP contribution >= 0.6 is 15.6 Å². The van der Waals surface area contributed by atoms with Crippen molar-refractivity contribution in [1.82, 2.24) is 0 Å². The van der Waals surface area contributed by atoms with Crippen molar-refractivity contribution >= 4 is 39.5 Å². The van der Waals surface area contributed by atoms with Crippen LogP contribution in [-0.4, -0.2) is 96.7 Å². The second-order valence-electron chi connectivity index (χ2n) is 23.7. The SMILES string of the molecule is CCCCCCCCCCCCCCCCC(=O)O[C@H](COC(=O)CCCCCCCCCCCC(C)C)COP(=O)(O)OC[C@@H](O)COP(=O)(O)OC[C@@H](COC(=O)CCCCCCC)OC(=O)CCCCCCCCCCC(C)C. The van der Waals surface area contributed by atoms with Crippen molar-refractivity contribution in [3.8, 4) is 0 Å². The molecule has 82 heavy (non-hydrogen) atoms. The molecule has 0 aromatic rings. The van der Waals surface area contributed by atoms with Gasteiger partial charge in [0.05, 0.1) is 26.4 Å². The van der Waals surface area contributed by atoms with Crippen molar-refractivity contribution < 1.29 is 80.2 Å². The third-order valence-electron chi connectivity index (χ3n) is 14.5. The zero-order chi connectivity index (χ0) is 60.8. The van der Waals surface area contributed by atoms with Gasteiger partial charge in [-0.15, -0.1) is 0 Å². The van der Waals surface area contributed by atoms with Gasteiger partial charge in [-0.2, -0.15) is 0 Å². The summed E-state index contributed by atoms with van der Waals surface area (Å²) >= 11 is 0. The molecule has 0 rings (SSSR count).